The van der Waals surface area contributed by atoms with Gasteiger partial charge < -0.3 is 4.74 Å². The lowest BCUT2D eigenvalue weighted by Crippen LogP contribution is -2.15. The normalized spacial score (nSPS) is 15.7. The SMILES string of the molecule is COc1c(-c2ccc(C(C)(C)C)cc2)cc2c(c1-c1ccccc1)C=C(C)C2[Si](C)C. The minimum atomic E-state index is -0.523. The van der Waals surface area contributed by atoms with E-state index in [4.69, 9.17) is 4.74 Å². The minimum absolute atomic E-state index is 0.142. The van der Waals surface area contributed by atoms with Crippen molar-refractivity contribution in [2.75, 3.05) is 7.11 Å². The van der Waals surface area contributed by atoms with E-state index in [1.165, 1.54) is 44.5 Å². The van der Waals surface area contributed by atoms with E-state index < -0.39 is 8.80 Å². The van der Waals surface area contributed by atoms with Crippen molar-refractivity contribution < 1.29 is 4.74 Å². The first-order valence-electron chi connectivity index (χ1n) is 11.1. The van der Waals surface area contributed by atoms with Gasteiger partial charge in [0.25, 0.3) is 0 Å². The fourth-order valence-electron chi connectivity index (χ4n) is 4.88. The molecule has 159 valence electrons. The van der Waals surface area contributed by atoms with Crippen LogP contribution in [0.15, 0.2) is 66.2 Å². The van der Waals surface area contributed by atoms with Crippen molar-refractivity contribution in [3.8, 4) is 28.0 Å². The van der Waals surface area contributed by atoms with Gasteiger partial charge >= 0.3 is 0 Å². The molecule has 1 aliphatic carbocycles. The summed E-state index contributed by atoms with van der Waals surface area (Å²) in [5.41, 5.74) is 11.2. The first kappa shape index (κ1) is 21.6. The summed E-state index contributed by atoms with van der Waals surface area (Å²) in [5.74, 6) is 0.971. The quantitative estimate of drug-likeness (QED) is 0.383. The Kier molecular flexibility index (Phi) is 5.70. The fraction of sp³-hybridized carbons (Fsp3) is 0.310. The van der Waals surface area contributed by atoms with Crippen LogP contribution in [-0.4, -0.2) is 15.9 Å². The number of ether oxygens (including phenoxy) is 1. The van der Waals surface area contributed by atoms with Crippen molar-refractivity contribution in [1.29, 1.82) is 0 Å². The molecule has 1 radical (unpaired) electrons. The summed E-state index contributed by atoms with van der Waals surface area (Å²) in [6, 6.07) is 22.2. The Morgan fingerprint density at radius 3 is 2.06 bits per heavy atom. The summed E-state index contributed by atoms with van der Waals surface area (Å²) in [4.78, 5) is 0. The molecule has 2 heteroatoms. The molecule has 0 saturated carbocycles. The summed E-state index contributed by atoms with van der Waals surface area (Å²) in [5, 5.41) is 0. The second-order valence-electron chi connectivity index (χ2n) is 9.93. The first-order chi connectivity index (χ1) is 14.7. The molecule has 0 aromatic heterocycles. The standard InChI is InChI=1S/C29H33OSi/c1-19-17-24-25(28(19)31(6)7)18-23(20-13-15-22(16-14-20)29(2,3)4)27(30-5)26(24)21-11-9-8-10-12-21/h8-18,28H,1-7H3. The van der Waals surface area contributed by atoms with E-state index in [9.17, 15) is 0 Å². The smallest absolute Gasteiger partial charge is 0.135 e. The lowest BCUT2D eigenvalue weighted by Gasteiger charge is -2.23. The number of hydrogen-bond acceptors (Lipinski definition) is 1. The number of fused-ring (bicyclic) bond motifs is 1. The second-order valence-corrected chi connectivity index (χ2v) is 12.7. The maximum absolute atomic E-state index is 6.12. The fourth-order valence-corrected chi connectivity index (χ4v) is 6.74. The number of rotatable bonds is 4. The number of methoxy groups -OCH3 is 1. The molecule has 1 nitrogen and oxygen atoms in total. The van der Waals surface area contributed by atoms with E-state index in [1.807, 2.05) is 0 Å². The van der Waals surface area contributed by atoms with E-state index in [1.54, 1.807) is 7.11 Å². The molecule has 0 heterocycles. The minimum Gasteiger partial charge on any atom is -0.495 e. The monoisotopic (exact) mass is 425 g/mol. The molecular formula is C29H33OSi. The van der Waals surface area contributed by atoms with Crippen molar-refractivity contribution >= 4 is 14.9 Å². The van der Waals surface area contributed by atoms with E-state index >= 15 is 0 Å². The Hall–Kier alpha value is -2.58. The van der Waals surface area contributed by atoms with Crippen LogP contribution in [0.25, 0.3) is 28.3 Å². The highest BCUT2D eigenvalue weighted by Crippen LogP contribution is 2.50. The predicted molar refractivity (Wildman–Crippen MR) is 136 cm³/mol. The lowest BCUT2D eigenvalue weighted by molar-refractivity contribution is 0.418. The molecule has 1 unspecified atom stereocenters. The molecule has 0 saturated heterocycles. The largest absolute Gasteiger partial charge is 0.495 e. The maximum atomic E-state index is 6.12. The molecule has 0 amide bonds. The molecule has 1 atom stereocenters. The van der Waals surface area contributed by atoms with Crippen LogP contribution in [0.3, 0.4) is 0 Å². The van der Waals surface area contributed by atoms with Crippen molar-refractivity contribution in [2.24, 2.45) is 0 Å². The van der Waals surface area contributed by atoms with Gasteiger partial charge in [0.15, 0.2) is 0 Å². The van der Waals surface area contributed by atoms with Crippen LogP contribution >= 0.6 is 0 Å². The molecule has 0 fully saturated rings. The molecular weight excluding hydrogens is 392 g/mol. The average molecular weight is 426 g/mol. The summed E-state index contributed by atoms with van der Waals surface area (Å²) >= 11 is 0. The van der Waals surface area contributed by atoms with Gasteiger partial charge in [-0.25, -0.2) is 0 Å². The van der Waals surface area contributed by atoms with E-state index in [-0.39, 0.29) is 5.41 Å². The highest BCUT2D eigenvalue weighted by molar-refractivity contribution is 6.58. The third-order valence-electron chi connectivity index (χ3n) is 6.40. The van der Waals surface area contributed by atoms with E-state index in [2.05, 4.69) is 108 Å². The molecule has 0 aliphatic heterocycles. The predicted octanol–water partition coefficient (Wildman–Crippen LogP) is 8.12. The summed E-state index contributed by atoms with van der Waals surface area (Å²) in [7, 11) is 1.28. The Bertz CT molecular complexity index is 1120. The highest BCUT2D eigenvalue weighted by atomic mass is 28.3. The van der Waals surface area contributed by atoms with Gasteiger partial charge in [0.2, 0.25) is 0 Å². The third-order valence-corrected chi connectivity index (χ3v) is 8.32. The molecule has 0 bridgehead atoms. The van der Waals surface area contributed by atoms with E-state index in [0.717, 1.165) is 5.75 Å². The first-order valence-corrected chi connectivity index (χ1v) is 13.7. The van der Waals surface area contributed by atoms with Gasteiger partial charge in [-0.05, 0) is 51.8 Å². The third kappa shape index (κ3) is 3.90. The van der Waals surface area contributed by atoms with Gasteiger partial charge in [0, 0.05) is 11.1 Å². The summed E-state index contributed by atoms with van der Waals surface area (Å²) in [6.07, 6.45) is 2.40. The van der Waals surface area contributed by atoms with Crippen LogP contribution in [0.4, 0.5) is 0 Å². The molecule has 1 aliphatic rings. The Labute approximate surface area is 189 Å². The zero-order chi connectivity index (χ0) is 22.3. The average Bonchev–Trinajstić information content (AvgIpc) is 3.08. The molecule has 0 N–H and O–H groups in total. The summed E-state index contributed by atoms with van der Waals surface area (Å²) < 4.78 is 6.12. The molecule has 0 spiro atoms. The van der Waals surface area contributed by atoms with Gasteiger partial charge in [-0.2, -0.15) is 0 Å². The molecule has 3 aromatic carbocycles. The Morgan fingerprint density at radius 1 is 0.871 bits per heavy atom. The van der Waals surface area contributed by atoms with E-state index in [0.29, 0.717) is 5.54 Å². The van der Waals surface area contributed by atoms with Gasteiger partial charge in [0.1, 0.15) is 5.75 Å². The zero-order valence-electron chi connectivity index (χ0n) is 19.8. The molecule has 4 rings (SSSR count). The van der Waals surface area contributed by atoms with Crippen molar-refractivity contribution in [2.45, 2.75) is 51.7 Å². The van der Waals surface area contributed by atoms with Gasteiger partial charge in [-0.3, -0.25) is 0 Å². The number of allylic oxidation sites excluding steroid dienone is 1. The van der Waals surface area contributed by atoms with Crippen LogP contribution in [0.2, 0.25) is 13.1 Å². The van der Waals surface area contributed by atoms with Gasteiger partial charge in [-0.1, -0.05) is 100 Å². The van der Waals surface area contributed by atoms with Crippen molar-refractivity contribution in [3.63, 3.8) is 0 Å². The Balaban J connectivity index is 2.00. The topological polar surface area (TPSA) is 9.23 Å². The maximum Gasteiger partial charge on any atom is 0.135 e. The van der Waals surface area contributed by atoms with Crippen LogP contribution in [0.1, 0.15) is 49.9 Å². The van der Waals surface area contributed by atoms with Crippen LogP contribution in [0.5, 0.6) is 5.75 Å². The van der Waals surface area contributed by atoms with Crippen LogP contribution in [0, 0.1) is 0 Å². The number of benzene rings is 3. The van der Waals surface area contributed by atoms with Gasteiger partial charge in [0.05, 0.1) is 15.9 Å². The summed E-state index contributed by atoms with van der Waals surface area (Å²) in [6.45, 7) is 13.9. The van der Waals surface area contributed by atoms with Crippen LogP contribution < -0.4 is 4.74 Å². The highest BCUT2D eigenvalue weighted by Gasteiger charge is 2.31. The molecule has 31 heavy (non-hydrogen) atoms. The second kappa shape index (κ2) is 8.16. The lowest BCUT2D eigenvalue weighted by atomic mass is 9.85. The molecule has 3 aromatic rings. The van der Waals surface area contributed by atoms with Crippen molar-refractivity contribution in [1.82, 2.24) is 0 Å². The Morgan fingerprint density at radius 2 is 1.52 bits per heavy atom. The van der Waals surface area contributed by atoms with Gasteiger partial charge in [-0.15, -0.1) is 0 Å². The zero-order valence-corrected chi connectivity index (χ0v) is 20.8. The van der Waals surface area contributed by atoms with Crippen molar-refractivity contribution in [3.05, 3.63) is 82.9 Å². The van der Waals surface area contributed by atoms with Crippen LogP contribution in [-0.2, 0) is 5.41 Å². The number of hydrogen-bond donors (Lipinski definition) is 0.